The standard InChI is InChI=1S/C16H12O8S2.2Na/c17-15-8-1-10-9-13(26(21,22)23)6-7-14(10)16(15)24-11-2-4-12(5-3-11)25(18,19)20;;/h1-9,17H,(H,18,19,20)(H,21,22,23);;/q;2*+1/p-2. The summed E-state index contributed by atoms with van der Waals surface area (Å²) in [5.41, 5.74) is 0. The maximum absolute atomic E-state index is 11.1. The molecule has 12 heteroatoms. The van der Waals surface area contributed by atoms with Gasteiger partial charge in [-0.05, 0) is 53.9 Å². The summed E-state index contributed by atoms with van der Waals surface area (Å²) in [4.78, 5) is -0.857. The molecule has 3 aromatic carbocycles. The van der Waals surface area contributed by atoms with Crippen LogP contribution in [0.5, 0.6) is 17.2 Å². The molecule has 0 aliphatic heterocycles. The van der Waals surface area contributed by atoms with E-state index in [0.717, 1.165) is 24.3 Å². The number of benzene rings is 3. The Morgan fingerprint density at radius 1 is 0.750 bits per heavy atom. The summed E-state index contributed by atoms with van der Waals surface area (Å²) in [6.45, 7) is 0. The number of phenolic OH excluding ortho intramolecular Hbond substituents is 1. The predicted molar refractivity (Wildman–Crippen MR) is 88.1 cm³/mol. The third-order valence-electron chi connectivity index (χ3n) is 3.54. The van der Waals surface area contributed by atoms with Crippen LogP contribution in [-0.2, 0) is 20.2 Å². The van der Waals surface area contributed by atoms with Crippen LogP contribution in [0.3, 0.4) is 0 Å². The molecule has 0 aliphatic rings. The van der Waals surface area contributed by atoms with E-state index < -0.39 is 30.0 Å². The molecule has 28 heavy (non-hydrogen) atoms. The van der Waals surface area contributed by atoms with Gasteiger partial charge >= 0.3 is 59.1 Å². The van der Waals surface area contributed by atoms with Gasteiger partial charge in [0.1, 0.15) is 26.0 Å². The van der Waals surface area contributed by atoms with E-state index in [1.807, 2.05) is 0 Å². The number of aromatic hydroxyl groups is 1. The first-order valence-electron chi connectivity index (χ1n) is 7.01. The summed E-state index contributed by atoms with van der Waals surface area (Å²) in [6, 6.07) is 10.8. The second kappa shape index (κ2) is 9.43. The van der Waals surface area contributed by atoms with Gasteiger partial charge in [0.25, 0.3) is 0 Å². The molecule has 0 amide bonds. The van der Waals surface area contributed by atoms with Crippen molar-refractivity contribution in [1.82, 2.24) is 0 Å². The fraction of sp³-hybridized carbons (Fsp3) is 0. The normalized spacial score (nSPS) is 11.4. The van der Waals surface area contributed by atoms with E-state index in [1.165, 1.54) is 30.3 Å². The zero-order chi connectivity index (χ0) is 19.1. The molecule has 1 N–H and O–H groups in total. The van der Waals surface area contributed by atoms with Gasteiger partial charge in [0, 0.05) is 5.39 Å². The van der Waals surface area contributed by atoms with Crippen LogP contribution in [0.4, 0.5) is 0 Å². The molecule has 0 radical (unpaired) electrons. The molecule has 136 valence electrons. The molecule has 0 spiro atoms. The molecule has 3 rings (SSSR count). The van der Waals surface area contributed by atoms with Gasteiger partial charge in [0.05, 0.1) is 9.79 Å². The Morgan fingerprint density at radius 3 is 1.82 bits per heavy atom. The number of phenols is 1. The molecular formula is C16H10Na2O8S2. The van der Waals surface area contributed by atoms with E-state index >= 15 is 0 Å². The fourth-order valence-electron chi connectivity index (χ4n) is 2.32. The Morgan fingerprint density at radius 2 is 1.29 bits per heavy atom. The first-order chi connectivity index (χ1) is 12.1. The number of hydrogen-bond donors (Lipinski definition) is 1. The van der Waals surface area contributed by atoms with Gasteiger partial charge in [0.2, 0.25) is 0 Å². The van der Waals surface area contributed by atoms with Gasteiger partial charge in [-0.2, -0.15) is 0 Å². The van der Waals surface area contributed by atoms with Crippen molar-refractivity contribution in [3.63, 3.8) is 0 Å². The second-order valence-corrected chi connectivity index (χ2v) is 8.04. The Bertz CT molecular complexity index is 1210. The molecule has 0 saturated carbocycles. The minimum absolute atomic E-state index is 0. The van der Waals surface area contributed by atoms with Crippen molar-refractivity contribution in [3.8, 4) is 17.2 Å². The summed E-state index contributed by atoms with van der Waals surface area (Å²) in [5, 5.41) is 10.7. The van der Waals surface area contributed by atoms with E-state index in [-0.39, 0.29) is 76.4 Å². The van der Waals surface area contributed by atoms with E-state index in [0.29, 0.717) is 10.8 Å². The summed E-state index contributed by atoms with van der Waals surface area (Å²) >= 11 is 0. The van der Waals surface area contributed by atoms with Crippen LogP contribution in [0, 0.1) is 0 Å². The maximum Gasteiger partial charge on any atom is 1.00 e. The number of hydrogen-bond acceptors (Lipinski definition) is 8. The largest absolute Gasteiger partial charge is 1.00 e. The van der Waals surface area contributed by atoms with Crippen molar-refractivity contribution in [2.24, 2.45) is 0 Å². The second-order valence-electron chi connectivity index (χ2n) is 5.28. The minimum atomic E-state index is -4.63. The van der Waals surface area contributed by atoms with Crippen LogP contribution >= 0.6 is 0 Å². The van der Waals surface area contributed by atoms with Crippen LogP contribution < -0.4 is 63.9 Å². The van der Waals surface area contributed by atoms with Crippen LogP contribution in [0.15, 0.2) is 64.4 Å². The van der Waals surface area contributed by atoms with Crippen molar-refractivity contribution in [3.05, 3.63) is 54.6 Å². The zero-order valence-electron chi connectivity index (χ0n) is 14.8. The van der Waals surface area contributed by atoms with Crippen molar-refractivity contribution >= 4 is 31.0 Å². The van der Waals surface area contributed by atoms with E-state index in [2.05, 4.69) is 0 Å². The zero-order valence-corrected chi connectivity index (χ0v) is 20.5. The fourth-order valence-corrected chi connectivity index (χ4v) is 3.30. The van der Waals surface area contributed by atoms with E-state index in [9.17, 15) is 31.0 Å². The molecule has 0 aliphatic carbocycles. The summed E-state index contributed by atoms with van der Waals surface area (Å²) in [5.74, 6) is -0.133. The van der Waals surface area contributed by atoms with Gasteiger partial charge in [-0.25, -0.2) is 16.8 Å². The maximum atomic E-state index is 11.1. The smallest absolute Gasteiger partial charge is 0.744 e. The molecule has 0 unspecified atom stereocenters. The van der Waals surface area contributed by atoms with Gasteiger partial charge in [-0.1, -0.05) is 6.07 Å². The van der Waals surface area contributed by atoms with Crippen LogP contribution in [0.2, 0.25) is 0 Å². The van der Waals surface area contributed by atoms with Crippen molar-refractivity contribution in [2.75, 3.05) is 0 Å². The molecule has 0 heterocycles. The number of ether oxygens (including phenoxy) is 1. The number of rotatable bonds is 4. The third-order valence-corrected chi connectivity index (χ3v) is 5.22. The van der Waals surface area contributed by atoms with Crippen LogP contribution in [0.25, 0.3) is 10.8 Å². The Hall–Kier alpha value is -0.660. The molecule has 3 aromatic rings. The minimum Gasteiger partial charge on any atom is -0.744 e. The average Bonchev–Trinajstić information content (AvgIpc) is 2.56. The SMILES string of the molecule is O=S(=O)([O-])c1ccc(Oc2c(O)ccc3cc(S(=O)(=O)[O-])ccc23)cc1.[Na+].[Na+]. The topological polar surface area (TPSA) is 144 Å². The van der Waals surface area contributed by atoms with E-state index in [4.69, 9.17) is 4.74 Å². The molecule has 0 saturated heterocycles. The molecule has 8 nitrogen and oxygen atoms in total. The van der Waals surface area contributed by atoms with Gasteiger partial charge in [-0.15, -0.1) is 0 Å². The van der Waals surface area contributed by atoms with Crippen LogP contribution in [0.1, 0.15) is 0 Å². The first kappa shape index (κ1) is 25.4. The van der Waals surface area contributed by atoms with Crippen molar-refractivity contribution < 1.29 is 94.9 Å². The van der Waals surface area contributed by atoms with Crippen LogP contribution in [-0.4, -0.2) is 31.0 Å². The quantitative estimate of drug-likeness (QED) is 0.321. The Kier molecular flexibility index (Phi) is 8.55. The third kappa shape index (κ3) is 5.70. The molecule has 0 bridgehead atoms. The van der Waals surface area contributed by atoms with Gasteiger partial charge in [0.15, 0.2) is 11.5 Å². The van der Waals surface area contributed by atoms with E-state index in [1.54, 1.807) is 0 Å². The molecule has 0 aromatic heterocycles. The number of fused-ring (bicyclic) bond motifs is 1. The summed E-state index contributed by atoms with van der Waals surface area (Å²) in [7, 11) is -9.23. The monoisotopic (exact) mass is 440 g/mol. The van der Waals surface area contributed by atoms with Gasteiger partial charge in [-0.3, -0.25) is 0 Å². The average molecular weight is 440 g/mol. The predicted octanol–water partition coefficient (Wildman–Crippen LogP) is -3.85. The van der Waals surface area contributed by atoms with Crippen molar-refractivity contribution in [2.45, 2.75) is 9.79 Å². The summed E-state index contributed by atoms with van der Waals surface area (Å²) in [6.07, 6.45) is 0. The first-order valence-corrected chi connectivity index (χ1v) is 9.83. The summed E-state index contributed by atoms with van der Waals surface area (Å²) < 4.78 is 71.7. The molecular weight excluding hydrogens is 430 g/mol. The Labute approximate surface area is 205 Å². The Balaban J connectivity index is 0.00000196. The van der Waals surface area contributed by atoms with Gasteiger partial charge < -0.3 is 18.9 Å². The van der Waals surface area contributed by atoms with Crippen molar-refractivity contribution in [1.29, 1.82) is 0 Å². The molecule has 0 atom stereocenters. The molecule has 0 fully saturated rings.